The number of allylic oxidation sites excluding steroid dienone is 2. The molecular formula is C39H44FN5O7. The van der Waals surface area contributed by atoms with Gasteiger partial charge in [-0.3, -0.25) is 14.5 Å². The molecule has 0 saturated carbocycles. The van der Waals surface area contributed by atoms with Crippen molar-refractivity contribution in [3.05, 3.63) is 69.3 Å². The Morgan fingerprint density at radius 2 is 1.92 bits per heavy atom. The fraction of sp³-hybridized carbons (Fsp3) is 0.462. The van der Waals surface area contributed by atoms with E-state index in [1.807, 2.05) is 17.0 Å². The third-order valence-electron chi connectivity index (χ3n) is 10.2. The van der Waals surface area contributed by atoms with Gasteiger partial charge in [0.25, 0.3) is 5.91 Å². The van der Waals surface area contributed by atoms with Gasteiger partial charge in [-0.05, 0) is 76.3 Å². The molecule has 0 spiro atoms. The molecule has 2 fully saturated rings. The summed E-state index contributed by atoms with van der Waals surface area (Å²) in [7, 11) is 0. The van der Waals surface area contributed by atoms with Crippen molar-refractivity contribution < 1.29 is 32.9 Å². The summed E-state index contributed by atoms with van der Waals surface area (Å²) in [5.74, 6) is 0.0707. The Kier molecular flexibility index (Phi) is 8.94. The summed E-state index contributed by atoms with van der Waals surface area (Å²) >= 11 is 0. The minimum absolute atomic E-state index is 0.0416. The number of fused-ring (bicyclic) bond motifs is 4. The molecule has 0 radical (unpaired) electrons. The molecule has 4 aliphatic heterocycles. The Morgan fingerprint density at radius 3 is 2.73 bits per heavy atom. The van der Waals surface area contributed by atoms with Crippen LogP contribution >= 0.6 is 0 Å². The van der Waals surface area contributed by atoms with Crippen LogP contribution in [-0.2, 0) is 9.47 Å². The highest BCUT2D eigenvalue weighted by Crippen LogP contribution is 2.50. The average Bonchev–Trinajstić information content (AvgIpc) is 3.57. The predicted molar refractivity (Wildman–Crippen MR) is 195 cm³/mol. The fourth-order valence-electron chi connectivity index (χ4n) is 7.74. The van der Waals surface area contributed by atoms with Gasteiger partial charge in [-0.25, -0.2) is 9.18 Å². The van der Waals surface area contributed by atoms with Gasteiger partial charge in [0, 0.05) is 50.6 Å². The molecule has 0 bridgehead atoms. The van der Waals surface area contributed by atoms with E-state index in [0.717, 1.165) is 43.6 Å². The standard InChI is InChI=1S/C39H44FN5O7/c1-39(2,3)52-38(48)42-24-9-12-44(20-24)34-29(40)17-27-33-36(34)51-32-19-31-26(25-8-5-4-7-23(25)22-50-31)18-30(32)45(33)21-28(35(27)46)37(47)41-10-6-11-43-13-15-49-16-14-43/h4,7,17-19,21,24H,5-6,8-16,20,22H2,1-3H3,(H,41,47)(H,42,48)/t24-/m0/s1. The first-order chi connectivity index (χ1) is 25.0. The second-order valence-corrected chi connectivity index (χ2v) is 15.0. The number of hydrogen-bond acceptors (Lipinski definition) is 9. The number of nitrogens with zero attached hydrogens (tertiary/aromatic N) is 3. The third kappa shape index (κ3) is 6.51. The van der Waals surface area contributed by atoms with E-state index in [9.17, 15) is 14.4 Å². The van der Waals surface area contributed by atoms with Crippen LogP contribution in [0.4, 0.5) is 14.9 Å². The lowest BCUT2D eigenvalue weighted by molar-refractivity contribution is 0.0374. The maximum atomic E-state index is 16.4. The van der Waals surface area contributed by atoms with E-state index < -0.39 is 28.8 Å². The zero-order valence-corrected chi connectivity index (χ0v) is 29.8. The van der Waals surface area contributed by atoms with E-state index in [1.165, 1.54) is 11.6 Å². The number of rotatable bonds is 7. The van der Waals surface area contributed by atoms with Crippen LogP contribution in [0.3, 0.4) is 0 Å². The van der Waals surface area contributed by atoms with Crippen molar-refractivity contribution in [2.75, 3.05) is 64.0 Å². The number of benzene rings is 2. The number of ether oxygens (including phenoxy) is 4. The number of anilines is 1. The first-order valence-electron chi connectivity index (χ1n) is 18.2. The zero-order valence-electron chi connectivity index (χ0n) is 29.8. The number of carbonyl (C=O) groups excluding carboxylic acids is 2. The Bertz CT molecular complexity index is 2080. The van der Waals surface area contributed by atoms with E-state index in [2.05, 4.69) is 27.7 Å². The van der Waals surface area contributed by atoms with Gasteiger partial charge in [-0.2, -0.15) is 0 Å². The largest absolute Gasteiger partial charge is 0.488 e. The van der Waals surface area contributed by atoms with E-state index >= 15 is 4.39 Å². The van der Waals surface area contributed by atoms with Gasteiger partial charge in [0.1, 0.15) is 34.7 Å². The van der Waals surface area contributed by atoms with Crippen LogP contribution in [0.1, 0.15) is 62.4 Å². The zero-order chi connectivity index (χ0) is 36.1. The normalized spacial score (nSPS) is 19.4. The van der Waals surface area contributed by atoms with Crippen LogP contribution in [-0.4, -0.2) is 92.2 Å². The molecule has 274 valence electrons. The molecule has 8 rings (SSSR count). The van der Waals surface area contributed by atoms with Gasteiger partial charge >= 0.3 is 6.09 Å². The monoisotopic (exact) mass is 713 g/mol. The average molecular weight is 714 g/mol. The number of halogens is 1. The number of hydrogen-bond donors (Lipinski definition) is 2. The summed E-state index contributed by atoms with van der Waals surface area (Å²) in [6, 6.07) is 4.71. The van der Waals surface area contributed by atoms with Crippen molar-refractivity contribution >= 4 is 34.2 Å². The number of carbonyl (C=O) groups is 2. The molecule has 1 aliphatic carbocycles. The third-order valence-corrected chi connectivity index (χ3v) is 10.2. The number of aromatic nitrogens is 1. The SMILES string of the molecule is CC(C)(C)OC(=O)N[C@H]1CCN(c2c(F)cc3c(=O)c(C(=O)NCCCN4CCOCC4)cn4c3c2Oc2cc3c(cc2-4)C2=C(C=CCC2)CO3)C1. The molecule has 2 N–H and O–H groups in total. The Morgan fingerprint density at radius 1 is 1.10 bits per heavy atom. The molecule has 5 heterocycles. The minimum Gasteiger partial charge on any atom is -0.488 e. The number of nitrogens with one attached hydrogen (secondary N) is 2. The molecule has 3 aromatic rings. The van der Waals surface area contributed by atoms with Crippen LogP contribution in [0.5, 0.6) is 17.2 Å². The van der Waals surface area contributed by atoms with E-state index in [-0.39, 0.29) is 28.4 Å². The topological polar surface area (TPSA) is 124 Å². The van der Waals surface area contributed by atoms with Crippen LogP contribution in [0, 0.1) is 5.82 Å². The van der Waals surface area contributed by atoms with Gasteiger partial charge in [-0.1, -0.05) is 12.2 Å². The van der Waals surface area contributed by atoms with Crippen LogP contribution in [0.2, 0.25) is 0 Å². The highest BCUT2D eigenvalue weighted by atomic mass is 19.1. The molecule has 2 saturated heterocycles. The highest BCUT2D eigenvalue weighted by molar-refractivity contribution is 6.01. The summed E-state index contributed by atoms with van der Waals surface area (Å²) < 4.78 is 41.8. The van der Waals surface area contributed by atoms with Crippen molar-refractivity contribution in [2.24, 2.45) is 0 Å². The minimum atomic E-state index is -0.659. The molecule has 2 aromatic carbocycles. The molecule has 1 atom stereocenters. The Balaban J connectivity index is 1.18. The van der Waals surface area contributed by atoms with E-state index in [0.29, 0.717) is 75.0 Å². The molecule has 52 heavy (non-hydrogen) atoms. The van der Waals surface area contributed by atoms with Crippen molar-refractivity contribution in [2.45, 2.75) is 58.1 Å². The number of morpholine rings is 1. The van der Waals surface area contributed by atoms with Crippen molar-refractivity contribution in [1.82, 2.24) is 20.1 Å². The lowest BCUT2D eigenvalue weighted by Crippen LogP contribution is -2.40. The van der Waals surface area contributed by atoms with Gasteiger partial charge in [0.15, 0.2) is 17.3 Å². The summed E-state index contributed by atoms with van der Waals surface area (Å²) in [5.41, 5.74) is 3.08. The number of amides is 2. The van der Waals surface area contributed by atoms with Gasteiger partial charge in [0.2, 0.25) is 5.43 Å². The summed E-state index contributed by atoms with van der Waals surface area (Å²) in [6.07, 6.45) is 8.29. The van der Waals surface area contributed by atoms with Crippen LogP contribution in [0.15, 0.2) is 46.9 Å². The summed E-state index contributed by atoms with van der Waals surface area (Å²) in [6.45, 7) is 10.8. The fourth-order valence-corrected chi connectivity index (χ4v) is 7.74. The maximum absolute atomic E-state index is 16.4. The first-order valence-corrected chi connectivity index (χ1v) is 18.2. The van der Waals surface area contributed by atoms with Gasteiger partial charge in [0.05, 0.1) is 30.3 Å². The van der Waals surface area contributed by atoms with Crippen molar-refractivity contribution in [3.8, 4) is 22.9 Å². The highest BCUT2D eigenvalue weighted by Gasteiger charge is 2.35. The maximum Gasteiger partial charge on any atom is 0.407 e. The molecule has 13 heteroatoms. The predicted octanol–water partition coefficient (Wildman–Crippen LogP) is 5.29. The molecular weight excluding hydrogens is 669 g/mol. The number of alkyl carbamates (subject to hydrolysis) is 1. The van der Waals surface area contributed by atoms with Crippen molar-refractivity contribution in [1.29, 1.82) is 0 Å². The smallest absolute Gasteiger partial charge is 0.407 e. The summed E-state index contributed by atoms with van der Waals surface area (Å²) in [4.78, 5) is 44.4. The van der Waals surface area contributed by atoms with E-state index in [4.69, 9.17) is 18.9 Å². The van der Waals surface area contributed by atoms with Crippen LogP contribution < -0.4 is 30.4 Å². The molecule has 12 nitrogen and oxygen atoms in total. The van der Waals surface area contributed by atoms with Crippen molar-refractivity contribution in [3.63, 3.8) is 0 Å². The molecule has 5 aliphatic rings. The second kappa shape index (κ2) is 13.6. The lowest BCUT2D eigenvalue weighted by atomic mass is 9.89. The van der Waals surface area contributed by atoms with Crippen LogP contribution in [0.25, 0.3) is 22.2 Å². The quantitative estimate of drug-likeness (QED) is 0.246. The summed E-state index contributed by atoms with van der Waals surface area (Å²) in [5, 5.41) is 5.86. The van der Waals surface area contributed by atoms with E-state index in [1.54, 1.807) is 31.5 Å². The molecule has 1 aromatic heterocycles. The first kappa shape index (κ1) is 34.2. The van der Waals surface area contributed by atoms with Gasteiger partial charge < -0.3 is 39.0 Å². The molecule has 0 unspecified atom stereocenters. The molecule has 2 amide bonds. The van der Waals surface area contributed by atoms with Gasteiger partial charge in [-0.15, -0.1) is 0 Å². The Labute approximate surface area is 301 Å². The number of pyridine rings is 1. The Hall–Kier alpha value is -4.88. The second-order valence-electron chi connectivity index (χ2n) is 15.0. The lowest BCUT2D eigenvalue weighted by Gasteiger charge is -2.31.